The maximum atomic E-state index is 6.29. The van der Waals surface area contributed by atoms with Gasteiger partial charge >= 0.3 is 0 Å². The second-order valence-electron chi connectivity index (χ2n) is 9.04. The van der Waals surface area contributed by atoms with Crippen LogP contribution in [0.5, 0.6) is 0 Å². The van der Waals surface area contributed by atoms with E-state index in [1.807, 2.05) is 0 Å². The molecule has 3 aromatic carbocycles. The van der Waals surface area contributed by atoms with Gasteiger partial charge in [-0.15, -0.1) is 0 Å². The molecule has 1 heterocycles. The van der Waals surface area contributed by atoms with Crippen molar-refractivity contribution in [2.75, 3.05) is 6.61 Å². The molecule has 0 fully saturated rings. The molecule has 2 nitrogen and oxygen atoms in total. The number of ether oxygens (including phenoxy) is 1. The summed E-state index contributed by atoms with van der Waals surface area (Å²) in [6, 6.07) is 32.8. The molecule has 0 saturated heterocycles. The predicted octanol–water partition coefficient (Wildman–Crippen LogP) is 6.67. The first-order chi connectivity index (χ1) is 16.4. The van der Waals surface area contributed by atoms with Crippen LogP contribution in [0, 0.1) is 5.41 Å². The first-order valence-electron chi connectivity index (χ1n) is 11.9. The number of hydrogen-bond donors (Lipinski definition) is 0. The molecule has 0 radical (unpaired) electrons. The lowest BCUT2D eigenvalue weighted by molar-refractivity contribution is 0.311. The van der Waals surface area contributed by atoms with Gasteiger partial charge in [-0.2, -0.15) is 0 Å². The van der Waals surface area contributed by atoms with Crippen molar-refractivity contribution in [3.63, 3.8) is 0 Å². The molecule has 1 aliphatic heterocycles. The molecule has 0 bridgehead atoms. The fourth-order valence-electron chi connectivity index (χ4n) is 5.64. The van der Waals surface area contributed by atoms with Gasteiger partial charge in [0.2, 0.25) is 5.90 Å². The van der Waals surface area contributed by atoms with Crippen LogP contribution in [-0.4, -0.2) is 12.5 Å². The second-order valence-corrected chi connectivity index (χ2v) is 11.2. The summed E-state index contributed by atoms with van der Waals surface area (Å²) < 4.78 is 6.29. The van der Waals surface area contributed by atoms with E-state index < -0.39 is 7.92 Å². The van der Waals surface area contributed by atoms with E-state index in [1.54, 1.807) is 5.31 Å². The lowest BCUT2D eigenvalue weighted by atomic mass is 9.80. The molecule has 3 aromatic rings. The highest BCUT2D eigenvalue weighted by Gasteiger charge is 2.49. The molecule has 2 aliphatic carbocycles. The Labute approximate surface area is 197 Å². The quantitative estimate of drug-likeness (QED) is 0.399. The van der Waals surface area contributed by atoms with Crippen LogP contribution in [0.1, 0.15) is 37.3 Å². The second kappa shape index (κ2) is 8.76. The fourth-order valence-corrected chi connectivity index (χ4v) is 8.52. The highest BCUT2D eigenvalue weighted by Crippen LogP contribution is 2.63. The van der Waals surface area contributed by atoms with E-state index in [2.05, 4.69) is 103 Å². The Morgan fingerprint density at radius 2 is 1.30 bits per heavy atom. The van der Waals surface area contributed by atoms with Crippen molar-refractivity contribution < 1.29 is 4.74 Å². The zero-order valence-electron chi connectivity index (χ0n) is 18.7. The Hall–Kier alpha value is -2.96. The van der Waals surface area contributed by atoms with Crippen LogP contribution in [0.25, 0.3) is 0 Å². The Morgan fingerprint density at radius 3 is 1.94 bits per heavy atom. The van der Waals surface area contributed by atoms with Gasteiger partial charge in [0.1, 0.15) is 12.6 Å². The summed E-state index contributed by atoms with van der Waals surface area (Å²) in [4.78, 5) is 5.10. The van der Waals surface area contributed by atoms with E-state index in [9.17, 15) is 0 Å². The van der Waals surface area contributed by atoms with Crippen molar-refractivity contribution >= 4 is 24.4 Å². The number of hydrogen-bond acceptors (Lipinski definition) is 2. The minimum absolute atomic E-state index is 0.0435. The van der Waals surface area contributed by atoms with Gasteiger partial charge in [-0.3, -0.25) is 0 Å². The summed E-state index contributed by atoms with van der Waals surface area (Å²) in [6.07, 6.45) is 9.48. The summed E-state index contributed by atoms with van der Waals surface area (Å²) in [7, 11) is -0.598. The molecule has 3 heteroatoms. The van der Waals surface area contributed by atoms with Gasteiger partial charge in [0, 0.05) is 11.0 Å². The molecular formula is C30H28NOP. The Morgan fingerprint density at radius 1 is 0.727 bits per heavy atom. The Balaban J connectivity index is 1.40. The minimum Gasteiger partial charge on any atom is -0.475 e. The average molecular weight is 450 g/mol. The molecule has 3 aliphatic rings. The summed E-state index contributed by atoms with van der Waals surface area (Å²) in [5, 5.41) is 4.44. The standard InChI is InChI=1S/C30H28NOP/c1-4-12-23(13-5-1)27-22-32-29(31-27)26-18-10-20-30(26)21-11-19-28(30)33(24-14-6-2-7-15-24)25-16-8-3-9-17-25/h1-9,12-19,27H,10-11,20-22H2/t27-,30+/m1/s1. The Kier molecular flexibility index (Phi) is 5.48. The molecule has 33 heavy (non-hydrogen) atoms. The molecule has 1 spiro atoms. The van der Waals surface area contributed by atoms with Crippen molar-refractivity contribution in [3.8, 4) is 0 Å². The van der Waals surface area contributed by atoms with E-state index in [1.165, 1.54) is 21.7 Å². The van der Waals surface area contributed by atoms with Crippen LogP contribution in [0.15, 0.2) is 119 Å². The molecule has 2 atom stereocenters. The predicted molar refractivity (Wildman–Crippen MR) is 139 cm³/mol. The third-order valence-corrected chi connectivity index (χ3v) is 9.89. The van der Waals surface area contributed by atoms with Crippen molar-refractivity contribution in [3.05, 3.63) is 120 Å². The molecule has 0 unspecified atom stereocenters. The fraction of sp³-hybridized carbons (Fsp3) is 0.233. The van der Waals surface area contributed by atoms with E-state index >= 15 is 0 Å². The first kappa shape index (κ1) is 20.6. The number of allylic oxidation sites excluding steroid dienone is 3. The van der Waals surface area contributed by atoms with Gasteiger partial charge in [-0.1, -0.05) is 103 Å². The van der Waals surface area contributed by atoms with E-state index in [4.69, 9.17) is 9.73 Å². The molecule has 0 amide bonds. The summed E-state index contributed by atoms with van der Waals surface area (Å²) in [5.41, 5.74) is 2.61. The largest absolute Gasteiger partial charge is 0.475 e. The maximum absolute atomic E-state index is 6.29. The number of aliphatic imine (C=N–C) groups is 1. The van der Waals surface area contributed by atoms with Crippen LogP contribution in [0.2, 0.25) is 0 Å². The normalized spacial score (nSPS) is 24.0. The van der Waals surface area contributed by atoms with Crippen LogP contribution in [0.3, 0.4) is 0 Å². The molecule has 6 rings (SSSR count). The lowest BCUT2D eigenvalue weighted by Gasteiger charge is -2.36. The van der Waals surface area contributed by atoms with Crippen LogP contribution < -0.4 is 10.6 Å². The summed E-state index contributed by atoms with van der Waals surface area (Å²) in [6.45, 7) is 0.637. The van der Waals surface area contributed by atoms with Gasteiger partial charge < -0.3 is 4.74 Å². The minimum atomic E-state index is -0.598. The van der Waals surface area contributed by atoms with Gasteiger partial charge in [-0.25, -0.2) is 4.99 Å². The molecular weight excluding hydrogens is 421 g/mol. The van der Waals surface area contributed by atoms with E-state index in [0.29, 0.717) is 6.61 Å². The van der Waals surface area contributed by atoms with Crippen molar-refractivity contribution in [2.45, 2.75) is 31.7 Å². The zero-order valence-corrected chi connectivity index (χ0v) is 19.6. The van der Waals surface area contributed by atoms with Gasteiger partial charge in [0.05, 0.1) is 0 Å². The third-order valence-electron chi connectivity index (χ3n) is 7.17. The zero-order chi connectivity index (χ0) is 22.1. The first-order valence-corrected chi connectivity index (χ1v) is 13.3. The van der Waals surface area contributed by atoms with Crippen LogP contribution >= 0.6 is 7.92 Å². The van der Waals surface area contributed by atoms with Crippen molar-refractivity contribution in [1.82, 2.24) is 0 Å². The highest BCUT2D eigenvalue weighted by atomic mass is 31.1. The van der Waals surface area contributed by atoms with Gasteiger partial charge in [0.15, 0.2) is 0 Å². The van der Waals surface area contributed by atoms with E-state index in [0.717, 1.165) is 31.6 Å². The van der Waals surface area contributed by atoms with Crippen molar-refractivity contribution in [2.24, 2.45) is 10.4 Å². The van der Waals surface area contributed by atoms with Crippen LogP contribution in [-0.2, 0) is 4.74 Å². The SMILES string of the molecule is C1=C(C2=N[C@@H](c3ccccc3)CO2)[C@]2(CC1)CCC=C2P(c1ccccc1)c1ccccc1. The van der Waals surface area contributed by atoms with Crippen molar-refractivity contribution in [1.29, 1.82) is 0 Å². The topological polar surface area (TPSA) is 21.6 Å². The number of nitrogens with zero attached hydrogens (tertiary/aromatic N) is 1. The summed E-state index contributed by atoms with van der Waals surface area (Å²) >= 11 is 0. The number of benzene rings is 3. The Bertz CT molecular complexity index is 1170. The maximum Gasteiger partial charge on any atom is 0.213 e. The molecule has 164 valence electrons. The lowest BCUT2D eigenvalue weighted by Crippen LogP contribution is -2.28. The van der Waals surface area contributed by atoms with Gasteiger partial charge in [-0.05, 0) is 55.1 Å². The third kappa shape index (κ3) is 3.67. The number of rotatable bonds is 5. The molecule has 0 saturated carbocycles. The molecule has 0 aromatic heterocycles. The molecule has 0 N–H and O–H groups in total. The van der Waals surface area contributed by atoms with Gasteiger partial charge in [0.25, 0.3) is 0 Å². The van der Waals surface area contributed by atoms with Crippen LogP contribution in [0.4, 0.5) is 0 Å². The highest BCUT2D eigenvalue weighted by molar-refractivity contribution is 7.76. The monoisotopic (exact) mass is 449 g/mol. The smallest absolute Gasteiger partial charge is 0.213 e. The average Bonchev–Trinajstić information content (AvgIpc) is 3.63. The van der Waals surface area contributed by atoms with E-state index in [-0.39, 0.29) is 11.5 Å². The summed E-state index contributed by atoms with van der Waals surface area (Å²) in [5.74, 6) is 0.880.